The molecule has 1 spiro atoms. The van der Waals surface area contributed by atoms with Crippen molar-refractivity contribution in [1.29, 1.82) is 0 Å². The van der Waals surface area contributed by atoms with E-state index in [2.05, 4.69) is 20.1 Å². The number of aliphatic hydroxyl groups is 1. The minimum absolute atomic E-state index is 0.0158. The quantitative estimate of drug-likeness (QED) is 0.409. The number of hydrogen-bond donors (Lipinski definition) is 2. The monoisotopic (exact) mass is 729 g/mol. The topological polar surface area (TPSA) is 146 Å². The van der Waals surface area contributed by atoms with Crippen molar-refractivity contribution >= 4 is 5.78 Å². The molecule has 52 heavy (non-hydrogen) atoms. The Labute approximate surface area is 307 Å². The Morgan fingerprint density at radius 2 is 1.56 bits per heavy atom. The smallest absolute Gasteiger partial charge is 0.172 e. The average molecular weight is 730 g/mol. The van der Waals surface area contributed by atoms with Crippen LogP contribution in [-0.2, 0) is 47.4 Å². The maximum Gasteiger partial charge on any atom is 0.172 e. The van der Waals surface area contributed by atoms with Crippen LogP contribution in [0.25, 0.3) is 0 Å². The van der Waals surface area contributed by atoms with E-state index in [-0.39, 0.29) is 122 Å². The van der Waals surface area contributed by atoms with E-state index in [1.165, 1.54) is 0 Å². The van der Waals surface area contributed by atoms with E-state index in [4.69, 9.17) is 48.4 Å². The van der Waals surface area contributed by atoms with Crippen LogP contribution in [0, 0.1) is 11.8 Å². The Bertz CT molecular complexity index is 1380. The van der Waals surface area contributed by atoms with Crippen molar-refractivity contribution in [2.45, 2.75) is 194 Å². The van der Waals surface area contributed by atoms with E-state index in [1.54, 1.807) is 7.11 Å². The molecule has 0 amide bonds. The van der Waals surface area contributed by atoms with E-state index in [0.29, 0.717) is 25.7 Å². The van der Waals surface area contributed by atoms with Crippen molar-refractivity contribution in [2.24, 2.45) is 17.6 Å². The summed E-state index contributed by atoms with van der Waals surface area (Å²) < 4.78 is 60.0. The van der Waals surface area contributed by atoms with Crippen LogP contribution in [0.1, 0.15) is 90.4 Å². The molecule has 0 saturated carbocycles. The molecule has 0 aromatic heterocycles. The highest BCUT2D eigenvalue weighted by Crippen LogP contribution is 2.54. The van der Waals surface area contributed by atoms with Crippen LogP contribution >= 0.6 is 0 Å². The molecule has 10 fully saturated rings. The molecule has 10 heterocycles. The lowest BCUT2D eigenvalue weighted by Crippen LogP contribution is -2.61. The Kier molecular flexibility index (Phi) is 10.0. The predicted octanol–water partition coefficient (Wildman–Crippen LogP) is 3.44. The van der Waals surface area contributed by atoms with E-state index >= 15 is 0 Å². The molecule has 10 aliphatic rings. The fourth-order valence-electron chi connectivity index (χ4n) is 11.3. The lowest BCUT2D eigenvalue weighted by molar-refractivity contribution is -0.292. The third-order valence-corrected chi connectivity index (χ3v) is 14.0. The summed E-state index contributed by atoms with van der Waals surface area (Å²) in [4.78, 5) is 14.1. The number of carbonyl (C=O) groups is 1. The molecule has 12 bridgehead atoms. The molecule has 10 saturated heterocycles. The predicted molar refractivity (Wildman–Crippen MR) is 186 cm³/mol. The maximum atomic E-state index is 14.1. The van der Waals surface area contributed by atoms with Gasteiger partial charge in [0.1, 0.15) is 36.3 Å². The summed E-state index contributed by atoms with van der Waals surface area (Å²) in [5, 5.41) is 10.5. The Hall–Kier alpha value is -1.29. The van der Waals surface area contributed by atoms with Crippen LogP contribution in [0.4, 0.5) is 0 Å². The normalized spacial score (nSPS) is 52.4. The van der Waals surface area contributed by atoms with E-state index in [1.807, 2.05) is 0 Å². The van der Waals surface area contributed by atoms with E-state index in [0.717, 1.165) is 56.1 Å². The molecular weight excluding hydrogens is 670 g/mol. The van der Waals surface area contributed by atoms with Gasteiger partial charge in [0.2, 0.25) is 0 Å². The first-order chi connectivity index (χ1) is 25.1. The lowest BCUT2D eigenvalue weighted by Gasteiger charge is -2.47. The number of ether oxygens (including phenoxy) is 9. The molecular formula is C40H59NO11. The van der Waals surface area contributed by atoms with Crippen molar-refractivity contribution in [3.63, 3.8) is 0 Å². The molecule has 0 aromatic carbocycles. The average Bonchev–Trinajstić information content (AvgIpc) is 3.79. The molecule has 0 aromatic rings. The fraction of sp³-hybridized carbons (Fsp3) is 0.875. The van der Waals surface area contributed by atoms with Gasteiger partial charge in [-0.1, -0.05) is 20.1 Å². The Morgan fingerprint density at radius 1 is 0.808 bits per heavy atom. The van der Waals surface area contributed by atoms with E-state index < -0.39 is 18.0 Å². The van der Waals surface area contributed by atoms with Gasteiger partial charge in [0, 0.05) is 58.1 Å². The highest BCUT2D eigenvalue weighted by Gasteiger charge is 2.68. The van der Waals surface area contributed by atoms with Gasteiger partial charge >= 0.3 is 0 Å². The van der Waals surface area contributed by atoms with Gasteiger partial charge < -0.3 is 53.5 Å². The van der Waals surface area contributed by atoms with Crippen molar-refractivity contribution < 1.29 is 52.5 Å². The van der Waals surface area contributed by atoms with Crippen molar-refractivity contribution in [1.82, 2.24) is 0 Å². The van der Waals surface area contributed by atoms with E-state index in [9.17, 15) is 9.90 Å². The fourth-order valence-corrected chi connectivity index (χ4v) is 11.3. The Morgan fingerprint density at radius 3 is 2.38 bits per heavy atom. The maximum absolute atomic E-state index is 14.1. The molecule has 0 aliphatic carbocycles. The van der Waals surface area contributed by atoms with Crippen LogP contribution in [0.15, 0.2) is 24.3 Å². The molecule has 19 atom stereocenters. The van der Waals surface area contributed by atoms with Gasteiger partial charge in [-0.3, -0.25) is 4.79 Å². The summed E-state index contributed by atoms with van der Waals surface area (Å²) in [6, 6.07) is 0. The number of carbonyl (C=O) groups excluding carboxylic acids is 1. The number of nitrogens with two attached hydrogens (primary N) is 1. The minimum Gasteiger partial charge on any atom is -0.392 e. The van der Waals surface area contributed by atoms with Crippen LogP contribution in [0.5, 0.6) is 0 Å². The van der Waals surface area contributed by atoms with Gasteiger partial charge in [-0.25, -0.2) is 0 Å². The first-order valence-corrected chi connectivity index (χ1v) is 20.2. The molecule has 10 aliphatic heterocycles. The second-order valence-electron chi connectivity index (χ2n) is 17.4. The number of Topliss-reactive ketones (excluding diaryl/α,β-unsaturated/α-hetero) is 1. The highest BCUT2D eigenvalue weighted by atomic mass is 16.8. The summed E-state index contributed by atoms with van der Waals surface area (Å²) >= 11 is 0. The van der Waals surface area contributed by atoms with Crippen LogP contribution < -0.4 is 5.73 Å². The minimum atomic E-state index is -0.780. The summed E-state index contributed by atoms with van der Waals surface area (Å²) in [6.45, 7) is 11.3. The Balaban J connectivity index is 0.994. The van der Waals surface area contributed by atoms with Crippen molar-refractivity contribution in [3.8, 4) is 0 Å². The largest absolute Gasteiger partial charge is 0.392 e. The van der Waals surface area contributed by atoms with Crippen LogP contribution in [0.3, 0.4) is 0 Å². The van der Waals surface area contributed by atoms with Gasteiger partial charge in [0.05, 0.1) is 67.1 Å². The summed E-state index contributed by atoms with van der Waals surface area (Å²) in [5.41, 5.74) is 8.01. The van der Waals surface area contributed by atoms with Gasteiger partial charge in [0.25, 0.3) is 0 Å². The third-order valence-electron chi connectivity index (χ3n) is 14.0. The van der Waals surface area contributed by atoms with Gasteiger partial charge in [0.15, 0.2) is 5.79 Å². The molecule has 12 nitrogen and oxygen atoms in total. The molecule has 3 N–H and O–H groups in total. The molecule has 290 valence electrons. The number of aliphatic hydroxyl groups excluding tert-OH is 1. The van der Waals surface area contributed by atoms with Crippen molar-refractivity contribution in [2.75, 3.05) is 13.7 Å². The summed E-state index contributed by atoms with van der Waals surface area (Å²) in [6.07, 6.45) is 4.85. The molecule has 10 rings (SSSR count). The second kappa shape index (κ2) is 14.3. The lowest BCUT2D eigenvalue weighted by atomic mass is 9.81. The zero-order valence-corrected chi connectivity index (χ0v) is 30.8. The highest BCUT2D eigenvalue weighted by molar-refractivity contribution is 5.79. The summed E-state index contributed by atoms with van der Waals surface area (Å²) in [5.74, 6) is -0.619. The van der Waals surface area contributed by atoms with Crippen LogP contribution in [-0.4, -0.2) is 128 Å². The standard InChI is InChI=1S/C40H59NO11/c1-19-11-24-5-7-28-20(2)12-26(45-28)9-10-40-17-33-36(51-40)37-38(50-33)39(52-40)35-29(49-37)8-6-25(47-35)13-22(42)14-27-31(16-30(46-24)21(19)3)48-32(34(27)44-4)15-23(43)18-41/h19,23-39,43H,2-3,5-18,41H2,1,4H3/t19-,23+,24+,25-,26+,27?,28?,29+,30?,31+,32-,33+,34-,35+,36?,37+,38-,39+,40+/m1/s1. The SMILES string of the molecule is C=C1C[C@@H]2CC[C@@]34C[C@@H]5O[C@H]6[C@@H](O3)[C@H]3O[C@H](CC[C@@H]3O[C@H]6C5O4)CC(=O)CC3[C@H](CC4O[C@@H](CCC1O2)C[C@@H](C)C4=C)O[C@H](C[C@H](O)CN)[C@@H]3OC. The first kappa shape index (κ1) is 36.4. The first-order valence-electron chi connectivity index (χ1n) is 20.2. The third kappa shape index (κ3) is 6.59. The van der Waals surface area contributed by atoms with Gasteiger partial charge in [-0.2, -0.15) is 0 Å². The molecule has 4 unspecified atom stereocenters. The number of rotatable bonds is 4. The number of fused-ring (bicyclic) bond motifs is 6. The molecule has 12 heteroatoms. The van der Waals surface area contributed by atoms with Gasteiger partial charge in [-0.05, 0) is 62.0 Å². The zero-order valence-electron chi connectivity index (χ0n) is 30.8. The zero-order chi connectivity index (χ0) is 35.9. The van der Waals surface area contributed by atoms with Gasteiger partial charge in [-0.15, -0.1) is 0 Å². The number of hydrogen-bond acceptors (Lipinski definition) is 12. The van der Waals surface area contributed by atoms with Crippen LogP contribution in [0.2, 0.25) is 0 Å². The van der Waals surface area contributed by atoms with Crippen molar-refractivity contribution in [3.05, 3.63) is 24.3 Å². The number of ketones is 1. The number of methoxy groups -OCH3 is 1. The molecule has 0 radical (unpaired) electrons. The summed E-state index contributed by atoms with van der Waals surface area (Å²) in [7, 11) is 1.66. The second-order valence-corrected chi connectivity index (χ2v) is 17.4.